The number of aryl methyl sites for hydroxylation is 1. The molecule has 0 saturated carbocycles. The van der Waals surface area contributed by atoms with E-state index in [1.165, 1.54) is 50.5 Å². The van der Waals surface area contributed by atoms with Gasteiger partial charge < -0.3 is 4.74 Å². The van der Waals surface area contributed by atoms with Crippen molar-refractivity contribution in [2.24, 2.45) is 0 Å². The number of unbranched alkanes of at least 4 members (excludes halogenated alkanes) is 6. The first kappa shape index (κ1) is 19.0. The first-order valence-corrected chi connectivity index (χ1v) is 8.98. The lowest BCUT2D eigenvalue weighted by Gasteiger charge is -2.34. The highest BCUT2D eigenvalue weighted by Crippen LogP contribution is 2.20. The number of ether oxygens (including phenoxy) is 1. The van der Waals surface area contributed by atoms with E-state index < -0.39 is 0 Å². The lowest BCUT2D eigenvalue weighted by atomic mass is 10.1. The van der Waals surface area contributed by atoms with Gasteiger partial charge in [-0.3, -0.25) is 4.48 Å². The minimum Gasteiger partial charge on any atom is -0.443 e. The minimum atomic E-state index is 0.235. The summed E-state index contributed by atoms with van der Waals surface area (Å²) in [6, 6.07) is 8.41. The number of rotatable bonds is 11. The van der Waals surface area contributed by atoms with Crippen LogP contribution >= 0.6 is 0 Å². The van der Waals surface area contributed by atoms with Crippen LogP contribution in [0.15, 0.2) is 24.3 Å². The molecule has 0 aliphatic rings. The van der Waals surface area contributed by atoms with Crippen molar-refractivity contribution < 1.29 is 9.22 Å². The van der Waals surface area contributed by atoms with E-state index in [1.807, 2.05) is 0 Å². The molecule has 0 saturated heterocycles. The van der Waals surface area contributed by atoms with Gasteiger partial charge in [0.05, 0.1) is 21.1 Å². The molecule has 0 radical (unpaired) electrons. The molecule has 1 atom stereocenters. The van der Waals surface area contributed by atoms with Gasteiger partial charge in [0.25, 0.3) is 0 Å². The van der Waals surface area contributed by atoms with Crippen molar-refractivity contribution >= 4 is 0 Å². The van der Waals surface area contributed by atoms with Gasteiger partial charge in [0.1, 0.15) is 5.75 Å². The maximum Gasteiger partial charge on any atom is 0.233 e. The Morgan fingerprint density at radius 1 is 0.864 bits per heavy atom. The molecular weight excluding hydrogens is 270 g/mol. The minimum absolute atomic E-state index is 0.235. The second kappa shape index (κ2) is 9.89. The Bertz CT molecular complexity index is 391. The van der Waals surface area contributed by atoms with E-state index in [0.717, 1.165) is 16.7 Å². The summed E-state index contributed by atoms with van der Waals surface area (Å²) in [6.07, 6.45) is 10.8. The summed E-state index contributed by atoms with van der Waals surface area (Å²) in [5, 5.41) is 0. The van der Waals surface area contributed by atoms with Crippen molar-refractivity contribution in [3.05, 3.63) is 29.8 Å². The van der Waals surface area contributed by atoms with Crippen LogP contribution in [-0.2, 0) is 0 Å². The van der Waals surface area contributed by atoms with Crippen LogP contribution in [0.5, 0.6) is 5.75 Å². The highest BCUT2D eigenvalue weighted by atomic mass is 16.5. The van der Waals surface area contributed by atoms with Gasteiger partial charge in [0.15, 0.2) is 0 Å². The van der Waals surface area contributed by atoms with Gasteiger partial charge in [-0.15, -0.1) is 0 Å². The summed E-state index contributed by atoms with van der Waals surface area (Å²) in [5.74, 6) is 0.992. The third-order valence-corrected chi connectivity index (χ3v) is 4.21. The van der Waals surface area contributed by atoms with E-state index in [9.17, 15) is 0 Å². The third-order valence-electron chi connectivity index (χ3n) is 4.21. The van der Waals surface area contributed by atoms with Crippen molar-refractivity contribution in [1.82, 2.24) is 0 Å². The van der Waals surface area contributed by atoms with Crippen LogP contribution in [0.1, 0.15) is 63.9 Å². The molecule has 0 N–H and O–H groups in total. The van der Waals surface area contributed by atoms with E-state index >= 15 is 0 Å². The fourth-order valence-electron chi connectivity index (χ4n) is 2.65. The zero-order valence-corrected chi connectivity index (χ0v) is 15.4. The average Bonchev–Trinajstić information content (AvgIpc) is 2.46. The smallest absolute Gasteiger partial charge is 0.233 e. The quantitative estimate of drug-likeness (QED) is 0.296. The number of hydrogen-bond donors (Lipinski definition) is 0. The van der Waals surface area contributed by atoms with Gasteiger partial charge in [-0.2, -0.15) is 0 Å². The molecule has 22 heavy (non-hydrogen) atoms. The largest absolute Gasteiger partial charge is 0.443 e. The fourth-order valence-corrected chi connectivity index (χ4v) is 2.65. The zero-order valence-electron chi connectivity index (χ0n) is 15.4. The van der Waals surface area contributed by atoms with Gasteiger partial charge >= 0.3 is 0 Å². The molecule has 0 fully saturated rings. The van der Waals surface area contributed by atoms with E-state index in [0.29, 0.717) is 0 Å². The standard InChI is InChI=1S/C20H36NO/c1-6-7-8-9-10-11-12-13-20(21(3,4)5)22-19-16-14-18(2)15-17-19/h14-17,20H,6-13H2,1-5H3/q+1. The highest BCUT2D eigenvalue weighted by molar-refractivity contribution is 5.26. The fraction of sp³-hybridized carbons (Fsp3) is 0.700. The Morgan fingerprint density at radius 3 is 1.95 bits per heavy atom. The first-order chi connectivity index (χ1) is 10.4. The van der Waals surface area contributed by atoms with Crippen LogP contribution < -0.4 is 4.74 Å². The third kappa shape index (κ3) is 7.84. The monoisotopic (exact) mass is 306 g/mol. The molecule has 0 aromatic heterocycles. The number of benzene rings is 1. The molecule has 2 heteroatoms. The lowest BCUT2D eigenvalue weighted by Crippen LogP contribution is -2.48. The topological polar surface area (TPSA) is 9.23 Å². The van der Waals surface area contributed by atoms with Gasteiger partial charge in [-0.1, -0.05) is 63.1 Å². The van der Waals surface area contributed by atoms with Crippen LogP contribution in [0, 0.1) is 6.92 Å². The molecule has 0 amide bonds. The van der Waals surface area contributed by atoms with E-state index in [4.69, 9.17) is 4.74 Å². The van der Waals surface area contributed by atoms with Gasteiger partial charge in [-0.05, 0) is 25.5 Å². The van der Waals surface area contributed by atoms with Crippen LogP contribution in [0.2, 0.25) is 0 Å². The summed E-state index contributed by atoms with van der Waals surface area (Å²) < 4.78 is 7.10. The highest BCUT2D eigenvalue weighted by Gasteiger charge is 2.24. The Hall–Kier alpha value is -1.02. The average molecular weight is 307 g/mol. The molecule has 1 aromatic rings. The van der Waals surface area contributed by atoms with Crippen LogP contribution in [0.25, 0.3) is 0 Å². The van der Waals surface area contributed by atoms with Crippen LogP contribution in [0.3, 0.4) is 0 Å². The predicted molar refractivity (Wildman–Crippen MR) is 96.2 cm³/mol. The maximum absolute atomic E-state index is 6.25. The molecule has 0 aliphatic carbocycles. The Balaban J connectivity index is 2.37. The maximum atomic E-state index is 6.25. The van der Waals surface area contributed by atoms with Gasteiger partial charge in [0, 0.05) is 6.42 Å². The summed E-state index contributed by atoms with van der Waals surface area (Å²) in [5.41, 5.74) is 1.28. The summed E-state index contributed by atoms with van der Waals surface area (Å²) in [4.78, 5) is 0. The van der Waals surface area contributed by atoms with Crippen molar-refractivity contribution in [2.45, 2.75) is 71.4 Å². The summed E-state index contributed by atoms with van der Waals surface area (Å²) >= 11 is 0. The number of hydrogen-bond acceptors (Lipinski definition) is 1. The zero-order chi connectivity index (χ0) is 16.4. The van der Waals surface area contributed by atoms with Crippen molar-refractivity contribution in [3.8, 4) is 5.75 Å². The van der Waals surface area contributed by atoms with E-state index in [1.54, 1.807) is 0 Å². The van der Waals surface area contributed by atoms with Crippen molar-refractivity contribution in [2.75, 3.05) is 21.1 Å². The second-order valence-electron chi connectivity index (χ2n) is 7.41. The molecule has 2 nitrogen and oxygen atoms in total. The second-order valence-corrected chi connectivity index (χ2v) is 7.41. The summed E-state index contributed by atoms with van der Waals surface area (Å²) in [7, 11) is 6.67. The molecule has 0 bridgehead atoms. The SMILES string of the molecule is CCCCCCCCCC(Oc1ccc(C)cc1)[N+](C)(C)C. The van der Waals surface area contributed by atoms with E-state index in [-0.39, 0.29) is 6.23 Å². The first-order valence-electron chi connectivity index (χ1n) is 8.98. The lowest BCUT2D eigenvalue weighted by molar-refractivity contribution is -0.915. The predicted octanol–water partition coefficient (Wildman–Crippen LogP) is 5.55. The van der Waals surface area contributed by atoms with E-state index in [2.05, 4.69) is 59.3 Å². The molecule has 126 valence electrons. The molecular formula is C20H36NO+. The van der Waals surface area contributed by atoms with Crippen molar-refractivity contribution in [1.29, 1.82) is 0 Å². The Morgan fingerprint density at radius 2 is 1.41 bits per heavy atom. The van der Waals surface area contributed by atoms with Gasteiger partial charge in [-0.25, -0.2) is 0 Å². The van der Waals surface area contributed by atoms with Crippen LogP contribution in [-0.4, -0.2) is 31.9 Å². The Labute approximate surface area is 138 Å². The normalized spacial score (nSPS) is 13.1. The molecule has 0 spiro atoms. The Kier molecular flexibility index (Phi) is 8.55. The van der Waals surface area contributed by atoms with Crippen molar-refractivity contribution in [3.63, 3.8) is 0 Å². The number of nitrogens with zero attached hydrogens (tertiary/aromatic N) is 1. The molecule has 1 unspecified atom stereocenters. The summed E-state index contributed by atoms with van der Waals surface area (Å²) in [6.45, 7) is 4.38. The van der Waals surface area contributed by atoms with Gasteiger partial charge in [0.2, 0.25) is 6.23 Å². The molecule has 1 rings (SSSR count). The van der Waals surface area contributed by atoms with Crippen LogP contribution in [0.4, 0.5) is 0 Å². The number of quaternary nitrogens is 1. The molecule has 0 aliphatic heterocycles. The molecule has 1 aromatic carbocycles. The molecule has 0 heterocycles.